The van der Waals surface area contributed by atoms with Gasteiger partial charge in [0, 0.05) is 38.1 Å². The lowest BCUT2D eigenvalue weighted by molar-refractivity contribution is 0.112. The Bertz CT molecular complexity index is 935. The SMILES string of the molecule is COc1ccc2nc(N3CCN(Cc4ccccc4)CC3)c(C=O)cc2c1. The summed E-state index contributed by atoms with van der Waals surface area (Å²) in [7, 11) is 1.64. The third kappa shape index (κ3) is 3.78. The van der Waals surface area contributed by atoms with Crippen LogP contribution in [0.5, 0.6) is 5.75 Å². The predicted octanol–water partition coefficient (Wildman–Crippen LogP) is 3.38. The Balaban J connectivity index is 1.52. The van der Waals surface area contributed by atoms with Gasteiger partial charge in [0.2, 0.25) is 0 Å². The average molecular weight is 361 g/mol. The van der Waals surface area contributed by atoms with Gasteiger partial charge in [-0.1, -0.05) is 30.3 Å². The molecule has 0 radical (unpaired) electrons. The number of nitrogens with zero attached hydrogens (tertiary/aromatic N) is 3. The normalized spacial score (nSPS) is 15.1. The summed E-state index contributed by atoms with van der Waals surface area (Å²) in [5.41, 5.74) is 2.84. The van der Waals surface area contributed by atoms with Crippen LogP contribution in [-0.2, 0) is 6.54 Å². The number of methoxy groups -OCH3 is 1. The number of piperazine rings is 1. The zero-order chi connectivity index (χ0) is 18.6. The summed E-state index contributed by atoms with van der Waals surface area (Å²) in [6.45, 7) is 4.59. The van der Waals surface area contributed by atoms with Crippen LogP contribution in [0.1, 0.15) is 15.9 Å². The van der Waals surface area contributed by atoms with Gasteiger partial charge in [-0.05, 0) is 29.8 Å². The molecule has 0 N–H and O–H groups in total. The number of anilines is 1. The van der Waals surface area contributed by atoms with Crippen molar-refractivity contribution in [2.75, 3.05) is 38.2 Å². The largest absolute Gasteiger partial charge is 0.497 e. The first-order valence-electron chi connectivity index (χ1n) is 9.22. The Morgan fingerprint density at radius 3 is 2.52 bits per heavy atom. The van der Waals surface area contributed by atoms with Crippen molar-refractivity contribution in [2.45, 2.75) is 6.54 Å². The molecule has 0 bridgehead atoms. The number of carbonyl (C=O) groups excluding carboxylic acids is 1. The van der Waals surface area contributed by atoms with E-state index < -0.39 is 0 Å². The van der Waals surface area contributed by atoms with Crippen LogP contribution in [0, 0.1) is 0 Å². The summed E-state index contributed by atoms with van der Waals surface area (Å²) in [5, 5.41) is 0.919. The number of ether oxygens (including phenoxy) is 1. The lowest BCUT2D eigenvalue weighted by Crippen LogP contribution is -2.46. The molecule has 4 rings (SSSR count). The van der Waals surface area contributed by atoms with Gasteiger partial charge in [-0.3, -0.25) is 9.69 Å². The third-order valence-electron chi connectivity index (χ3n) is 5.08. The van der Waals surface area contributed by atoms with E-state index in [0.717, 1.165) is 61.5 Å². The smallest absolute Gasteiger partial charge is 0.153 e. The van der Waals surface area contributed by atoms with Crippen molar-refractivity contribution < 1.29 is 9.53 Å². The molecular formula is C22H23N3O2. The number of pyridine rings is 1. The first-order chi connectivity index (χ1) is 13.3. The molecule has 1 saturated heterocycles. The van der Waals surface area contributed by atoms with E-state index in [1.807, 2.05) is 30.3 Å². The van der Waals surface area contributed by atoms with Crippen molar-refractivity contribution in [3.63, 3.8) is 0 Å². The van der Waals surface area contributed by atoms with Crippen LogP contribution in [0.2, 0.25) is 0 Å². The molecule has 1 aliphatic rings. The number of carbonyl (C=O) groups is 1. The molecule has 5 nitrogen and oxygen atoms in total. The fourth-order valence-electron chi connectivity index (χ4n) is 3.59. The Kier molecular flexibility index (Phi) is 5.03. The highest BCUT2D eigenvalue weighted by molar-refractivity contribution is 5.92. The zero-order valence-corrected chi connectivity index (χ0v) is 15.5. The molecule has 0 unspecified atom stereocenters. The van der Waals surface area contributed by atoms with E-state index in [1.54, 1.807) is 7.11 Å². The Morgan fingerprint density at radius 2 is 1.81 bits per heavy atom. The highest BCUT2D eigenvalue weighted by Gasteiger charge is 2.21. The Labute approximate surface area is 159 Å². The second-order valence-corrected chi connectivity index (χ2v) is 6.83. The first kappa shape index (κ1) is 17.5. The molecule has 0 amide bonds. The molecule has 0 saturated carbocycles. The Hall–Kier alpha value is -2.92. The molecule has 1 aromatic heterocycles. The average Bonchev–Trinajstić information content (AvgIpc) is 2.73. The lowest BCUT2D eigenvalue weighted by atomic mass is 10.1. The van der Waals surface area contributed by atoms with Gasteiger partial charge in [0.15, 0.2) is 6.29 Å². The van der Waals surface area contributed by atoms with Crippen LogP contribution in [0.25, 0.3) is 10.9 Å². The van der Waals surface area contributed by atoms with Crippen LogP contribution in [0.4, 0.5) is 5.82 Å². The van der Waals surface area contributed by atoms with E-state index in [0.29, 0.717) is 5.56 Å². The van der Waals surface area contributed by atoms with Gasteiger partial charge in [0.05, 0.1) is 18.2 Å². The molecule has 3 aromatic rings. The molecule has 1 aliphatic heterocycles. The lowest BCUT2D eigenvalue weighted by Gasteiger charge is -2.36. The summed E-state index contributed by atoms with van der Waals surface area (Å²) in [4.78, 5) is 21.1. The van der Waals surface area contributed by atoms with Gasteiger partial charge in [-0.15, -0.1) is 0 Å². The molecule has 5 heteroatoms. The van der Waals surface area contributed by atoms with E-state index in [-0.39, 0.29) is 0 Å². The predicted molar refractivity (Wildman–Crippen MR) is 108 cm³/mol. The molecular weight excluding hydrogens is 338 g/mol. The number of aldehydes is 1. The molecule has 0 spiro atoms. The fraction of sp³-hybridized carbons (Fsp3) is 0.273. The summed E-state index contributed by atoms with van der Waals surface area (Å²) >= 11 is 0. The second kappa shape index (κ2) is 7.76. The van der Waals surface area contributed by atoms with E-state index in [1.165, 1.54) is 5.56 Å². The number of rotatable bonds is 5. The molecule has 0 atom stereocenters. The van der Waals surface area contributed by atoms with Gasteiger partial charge < -0.3 is 9.64 Å². The van der Waals surface area contributed by atoms with E-state index in [9.17, 15) is 4.79 Å². The summed E-state index contributed by atoms with van der Waals surface area (Å²) in [5.74, 6) is 1.55. The third-order valence-corrected chi connectivity index (χ3v) is 5.08. The minimum absolute atomic E-state index is 0.632. The minimum Gasteiger partial charge on any atom is -0.497 e. The molecule has 138 valence electrons. The van der Waals surface area contributed by atoms with E-state index >= 15 is 0 Å². The second-order valence-electron chi connectivity index (χ2n) is 6.83. The molecule has 2 aromatic carbocycles. The monoisotopic (exact) mass is 361 g/mol. The highest BCUT2D eigenvalue weighted by Crippen LogP contribution is 2.26. The van der Waals surface area contributed by atoms with Gasteiger partial charge in [-0.25, -0.2) is 4.98 Å². The van der Waals surface area contributed by atoms with Crippen LogP contribution in [0.3, 0.4) is 0 Å². The maximum absolute atomic E-state index is 11.7. The van der Waals surface area contributed by atoms with Crippen molar-refractivity contribution in [3.05, 3.63) is 65.7 Å². The minimum atomic E-state index is 0.632. The summed E-state index contributed by atoms with van der Waals surface area (Å²) < 4.78 is 5.27. The highest BCUT2D eigenvalue weighted by atomic mass is 16.5. The molecule has 27 heavy (non-hydrogen) atoms. The van der Waals surface area contributed by atoms with Crippen molar-refractivity contribution in [1.82, 2.24) is 9.88 Å². The van der Waals surface area contributed by atoms with Gasteiger partial charge in [-0.2, -0.15) is 0 Å². The summed E-state index contributed by atoms with van der Waals surface area (Å²) in [6, 6.07) is 18.2. The topological polar surface area (TPSA) is 45.7 Å². The van der Waals surface area contributed by atoms with Crippen molar-refractivity contribution in [1.29, 1.82) is 0 Å². The standard InChI is InChI=1S/C22H23N3O2/c1-27-20-7-8-21-18(14-20)13-19(16-26)22(23-21)25-11-9-24(10-12-25)15-17-5-3-2-4-6-17/h2-8,13-14,16H,9-12,15H2,1H3. The number of aromatic nitrogens is 1. The first-order valence-corrected chi connectivity index (χ1v) is 9.22. The van der Waals surface area contributed by atoms with Crippen molar-refractivity contribution in [2.24, 2.45) is 0 Å². The van der Waals surface area contributed by atoms with Crippen molar-refractivity contribution in [3.8, 4) is 5.75 Å². The number of hydrogen-bond acceptors (Lipinski definition) is 5. The fourth-order valence-corrected chi connectivity index (χ4v) is 3.59. The Morgan fingerprint density at radius 1 is 1.04 bits per heavy atom. The van der Waals surface area contributed by atoms with Crippen LogP contribution in [-0.4, -0.2) is 49.5 Å². The molecule has 2 heterocycles. The van der Waals surface area contributed by atoms with Gasteiger partial charge >= 0.3 is 0 Å². The van der Waals surface area contributed by atoms with E-state index in [2.05, 4.69) is 34.1 Å². The zero-order valence-electron chi connectivity index (χ0n) is 15.5. The van der Waals surface area contributed by atoms with Crippen LogP contribution >= 0.6 is 0 Å². The van der Waals surface area contributed by atoms with Crippen LogP contribution in [0.15, 0.2) is 54.6 Å². The van der Waals surface area contributed by atoms with Crippen molar-refractivity contribution >= 4 is 23.0 Å². The molecule has 0 aliphatic carbocycles. The van der Waals surface area contributed by atoms with Gasteiger partial charge in [0.25, 0.3) is 0 Å². The maximum atomic E-state index is 11.7. The maximum Gasteiger partial charge on any atom is 0.153 e. The number of hydrogen-bond donors (Lipinski definition) is 0. The van der Waals surface area contributed by atoms with Gasteiger partial charge in [0.1, 0.15) is 11.6 Å². The van der Waals surface area contributed by atoms with E-state index in [4.69, 9.17) is 9.72 Å². The summed E-state index contributed by atoms with van der Waals surface area (Å²) in [6.07, 6.45) is 0.900. The molecule has 1 fully saturated rings. The quantitative estimate of drug-likeness (QED) is 0.652. The number of fused-ring (bicyclic) bond motifs is 1. The van der Waals surface area contributed by atoms with Crippen LogP contribution < -0.4 is 9.64 Å². The number of benzene rings is 2.